The van der Waals surface area contributed by atoms with Gasteiger partial charge in [0.15, 0.2) is 0 Å². The van der Waals surface area contributed by atoms with Crippen LogP contribution in [-0.4, -0.2) is 50.5 Å². The van der Waals surface area contributed by atoms with Crippen LogP contribution in [0.15, 0.2) is 0 Å². The van der Waals surface area contributed by atoms with E-state index in [1.807, 2.05) is 13.8 Å². The molecule has 122 valence electrons. The van der Waals surface area contributed by atoms with Gasteiger partial charge in [-0.1, -0.05) is 13.8 Å². The summed E-state index contributed by atoms with van der Waals surface area (Å²) in [6.45, 7) is 4.71. The highest BCUT2D eigenvalue weighted by Crippen LogP contribution is 2.60. The quantitative estimate of drug-likeness (QED) is 0.567. The van der Waals surface area contributed by atoms with E-state index in [0.29, 0.717) is 19.0 Å². The smallest absolute Gasteiger partial charge is 0.309 e. The molecule has 7 heteroatoms. The van der Waals surface area contributed by atoms with Crippen molar-refractivity contribution in [2.24, 2.45) is 16.7 Å². The molecule has 0 aromatic carbocycles. The molecule has 0 radical (unpaired) electrons. The maximum absolute atomic E-state index is 12.4. The molecule has 1 saturated heterocycles. The highest BCUT2D eigenvalue weighted by Gasteiger charge is 2.59. The van der Waals surface area contributed by atoms with Gasteiger partial charge in [-0.2, -0.15) is 0 Å². The van der Waals surface area contributed by atoms with Gasteiger partial charge >= 0.3 is 5.97 Å². The van der Waals surface area contributed by atoms with Gasteiger partial charge in [-0.05, 0) is 30.1 Å². The normalized spacial score (nSPS) is 25.8. The number of nitrogens with zero attached hydrogens (tertiary/aromatic N) is 1. The Labute approximate surface area is 132 Å². The van der Waals surface area contributed by atoms with Crippen LogP contribution < -0.4 is 0 Å². The number of carbonyl (C=O) groups is 1. The Balaban J connectivity index is 1.94. The number of hydrogen-bond donors (Lipinski definition) is 0. The molecule has 2 fully saturated rings. The van der Waals surface area contributed by atoms with E-state index < -0.39 is 15.4 Å². The van der Waals surface area contributed by atoms with Gasteiger partial charge in [0.1, 0.15) is 0 Å². The standard InChI is InChI=1S/C14H24ClNO4S/c1-13(2,9-15)10-21(18,19)16-6-4-14(5-7-16)8-11(14)12(17)20-3/h11H,4-10H2,1-3H3/t11-/m1/s1. The first-order valence-corrected chi connectivity index (χ1v) is 9.42. The molecule has 2 rings (SSSR count). The van der Waals surface area contributed by atoms with Crippen molar-refractivity contribution in [3.05, 3.63) is 0 Å². The minimum absolute atomic E-state index is 0.0128. The van der Waals surface area contributed by atoms with Crippen LogP contribution in [0.2, 0.25) is 0 Å². The molecule has 21 heavy (non-hydrogen) atoms. The summed E-state index contributed by atoms with van der Waals surface area (Å²) < 4.78 is 31.2. The van der Waals surface area contributed by atoms with E-state index in [0.717, 1.165) is 19.3 Å². The number of halogens is 1. The number of esters is 1. The zero-order valence-corrected chi connectivity index (χ0v) is 14.5. The second-order valence-corrected chi connectivity index (χ2v) is 9.33. The van der Waals surface area contributed by atoms with Crippen LogP contribution in [-0.2, 0) is 19.6 Å². The Morgan fingerprint density at radius 3 is 2.43 bits per heavy atom. The van der Waals surface area contributed by atoms with E-state index in [1.54, 1.807) is 4.31 Å². The summed E-state index contributed by atoms with van der Waals surface area (Å²) in [5.74, 6) is 0.187. The fraction of sp³-hybridized carbons (Fsp3) is 0.929. The lowest BCUT2D eigenvalue weighted by molar-refractivity contribution is -0.143. The number of alkyl halides is 1. The minimum Gasteiger partial charge on any atom is -0.469 e. The molecule has 2 aliphatic rings. The number of carbonyl (C=O) groups excluding carboxylic acids is 1. The zero-order valence-electron chi connectivity index (χ0n) is 12.9. The molecular formula is C14H24ClNO4S. The van der Waals surface area contributed by atoms with E-state index in [2.05, 4.69) is 0 Å². The third kappa shape index (κ3) is 3.54. The largest absolute Gasteiger partial charge is 0.469 e. The molecule has 1 atom stereocenters. The van der Waals surface area contributed by atoms with Crippen LogP contribution in [0.25, 0.3) is 0 Å². The molecule has 0 unspecified atom stereocenters. The van der Waals surface area contributed by atoms with E-state index in [9.17, 15) is 13.2 Å². The van der Waals surface area contributed by atoms with Crippen molar-refractivity contribution in [3.63, 3.8) is 0 Å². The maximum Gasteiger partial charge on any atom is 0.309 e. The monoisotopic (exact) mass is 337 g/mol. The van der Waals surface area contributed by atoms with E-state index in [4.69, 9.17) is 16.3 Å². The third-order valence-electron chi connectivity index (χ3n) is 4.72. The molecule has 0 aromatic rings. The van der Waals surface area contributed by atoms with Crippen LogP contribution in [0, 0.1) is 16.7 Å². The first-order chi connectivity index (χ1) is 9.66. The zero-order chi connectivity index (χ0) is 15.9. The molecule has 1 aliphatic carbocycles. The molecule has 0 amide bonds. The first kappa shape index (κ1) is 17.0. The number of piperidine rings is 1. The van der Waals surface area contributed by atoms with Crippen LogP contribution in [0.4, 0.5) is 0 Å². The van der Waals surface area contributed by atoms with Crippen LogP contribution in [0.1, 0.15) is 33.1 Å². The maximum atomic E-state index is 12.4. The molecular weight excluding hydrogens is 314 g/mol. The number of hydrogen-bond acceptors (Lipinski definition) is 4. The highest BCUT2D eigenvalue weighted by molar-refractivity contribution is 7.89. The Morgan fingerprint density at radius 1 is 1.38 bits per heavy atom. The van der Waals surface area contributed by atoms with Crippen molar-refractivity contribution < 1.29 is 17.9 Å². The average Bonchev–Trinajstić information content (AvgIpc) is 3.11. The average molecular weight is 338 g/mol. The van der Waals surface area contributed by atoms with Crippen molar-refractivity contribution >= 4 is 27.6 Å². The Hall–Kier alpha value is -0.330. The fourth-order valence-electron chi connectivity index (χ4n) is 3.21. The summed E-state index contributed by atoms with van der Waals surface area (Å²) in [6.07, 6.45) is 2.32. The van der Waals surface area contributed by atoms with Gasteiger partial charge in [0.25, 0.3) is 0 Å². The SMILES string of the molecule is COC(=O)[C@H]1CC12CCN(S(=O)(=O)CC(C)(C)CCl)CC2. The third-order valence-corrected chi connectivity index (χ3v) is 7.74. The molecule has 1 aliphatic heterocycles. The fourth-order valence-corrected chi connectivity index (χ4v) is 5.43. The first-order valence-electron chi connectivity index (χ1n) is 7.27. The van der Waals surface area contributed by atoms with Crippen LogP contribution in [0.3, 0.4) is 0 Å². The van der Waals surface area contributed by atoms with Gasteiger partial charge in [-0.25, -0.2) is 12.7 Å². The second kappa shape index (κ2) is 5.70. The minimum atomic E-state index is -3.29. The summed E-state index contributed by atoms with van der Waals surface area (Å²) in [4.78, 5) is 11.6. The predicted octanol–water partition coefficient (Wildman–Crippen LogP) is 1.86. The van der Waals surface area contributed by atoms with Gasteiger partial charge in [0.05, 0.1) is 18.8 Å². The molecule has 1 spiro atoms. The summed E-state index contributed by atoms with van der Waals surface area (Å²) in [6, 6.07) is 0. The summed E-state index contributed by atoms with van der Waals surface area (Å²) in [5.41, 5.74) is -0.440. The van der Waals surface area contributed by atoms with E-state index in [-0.39, 0.29) is 23.1 Å². The van der Waals surface area contributed by atoms with Crippen molar-refractivity contribution in [2.45, 2.75) is 33.1 Å². The summed E-state index contributed by atoms with van der Waals surface area (Å²) >= 11 is 5.83. The summed E-state index contributed by atoms with van der Waals surface area (Å²) in [7, 11) is -1.88. The number of methoxy groups -OCH3 is 1. The Bertz CT molecular complexity index is 509. The van der Waals surface area contributed by atoms with Gasteiger partial charge in [-0.15, -0.1) is 11.6 Å². The van der Waals surface area contributed by atoms with Gasteiger partial charge in [0.2, 0.25) is 10.0 Å². The predicted molar refractivity (Wildman–Crippen MR) is 81.7 cm³/mol. The lowest BCUT2D eigenvalue weighted by Gasteiger charge is -2.34. The van der Waals surface area contributed by atoms with Crippen molar-refractivity contribution in [1.82, 2.24) is 4.31 Å². The molecule has 1 saturated carbocycles. The molecule has 0 aromatic heterocycles. The number of ether oxygens (including phenoxy) is 1. The van der Waals surface area contributed by atoms with E-state index >= 15 is 0 Å². The second-order valence-electron chi connectivity index (χ2n) is 7.10. The molecule has 0 bridgehead atoms. The lowest BCUT2D eigenvalue weighted by atomic mass is 9.92. The van der Waals surface area contributed by atoms with Crippen molar-refractivity contribution in [3.8, 4) is 0 Å². The Kier molecular flexibility index (Phi) is 4.63. The Morgan fingerprint density at radius 2 is 1.95 bits per heavy atom. The number of rotatable bonds is 5. The highest BCUT2D eigenvalue weighted by atomic mass is 35.5. The van der Waals surface area contributed by atoms with Gasteiger partial charge in [-0.3, -0.25) is 4.79 Å². The molecule has 1 heterocycles. The number of sulfonamides is 1. The topological polar surface area (TPSA) is 63.7 Å². The molecule has 5 nitrogen and oxygen atoms in total. The van der Waals surface area contributed by atoms with Gasteiger partial charge < -0.3 is 4.74 Å². The van der Waals surface area contributed by atoms with E-state index in [1.165, 1.54) is 7.11 Å². The van der Waals surface area contributed by atoms with Crippen molar-refractivity contribution in [2.75, 3.05) is 31.8 Å². The van der Waals surface area contributed by atoms with Crippen LogP contribution in [0.5, 0.6) is 0 Å². The molecule has 0 N–H and O–H groups in total. The lowest BCUT2D eigenvalue weighted by Crippen LogP contribution is -2.43. The van der Waals surface area contributed by atoms with Crippen molar-refractivity contribution in [1.29, 1.82) is 0 Å². The van der Waals surface area contributed by atoms with Gasteiger partial charge in [0, 0.05) is 19.0 Å². The van der Waals surface area contributed by atoms with Crippen LogP contribution >= 0.6 is 11.6 Å². The summed E-state index contributed by atoms with van der Waals surface area (Å²) in [5, 5.41) is 0.